The molecule has 0 heterocycles. The van der Waals surface area contributed by atoms with Gasteiger partial charge in [0.25, 0.3) is 0 Å². The maximum absolute atomic E-state index is 12.0. The standard InChI is InChI=1S/C9H18F3N3O/c1-6(2)14-7(8(13)16)4-15(3)5-9(10,11)12/h6-7,14H,4-5H2,1-3H3,(H2,13,16). The summed E-state index contributed by atoms with van der Waals surface area (Å²) in [6.45, 7) is 2.46. The molecule has 0 rings (SSSR count). The van der Waals surface area contributed by atoms with Crippen LogP contribution >= 0.6 is 0 Å². The number of halogens is 3. The minimum atomic E-state index is -4.27. The van der Waals surface area contributed by atoms with E-state index in [4.69, 9.17) is 5.73 Å². The molecule has 0 bridgehead atoms. The Morgan fingerprint density at radius 2 is 1.94 bits per heavy atom. The normalized spacial score (nSPS) is 14.5. The van der Waals surface area contributed by atoms with Crippen LogP contribution in [0.3, 0.4) is 0 Å². The monoisotopic (exact) mass is 241 g/mol. The van der Waals surface area contributed by atoms with Gasteiger partial charge in [0, 0.05) is 12.6 Å². The number of hydrogen-bond donors (Lipinski definition) is 2. The highest BCUT2D eigenvalue weighted by molar-refractivity contribution is 5.80. The number of nitrogens with zero attached hydrogens (tertiary/aromatic N) is 1. The number of nitrogens with two attached hydrogens (primary N) is 1. The lowest BCUT2D eigenvalue weighted by Gasteiger charge is -2.25. The SMILES string of the molecule is CC(C)NC(CN(C)CC(F)(F)F)C(N)=O. The van der Waals surface area contributed by atoms with Crippen molar-refractivity contribution in [2.24, 2.45) is 5.73 Å². The molecule has 0 fully saturated rings. The van der Waals surface area contributed by atoms with Crippen LogP contribution in [0.15, 0.2) is 0 Å². The number of primary amides is 1. The molecule has 0 aliphatic rings. The van der Waals surface area contributed by atoms with Crippen molar-refractivity contribution < 1.29 is 18.0 Å². The summed E-state index contributed by atoms with van der Waals surface area (Å²) in [5.74, 6) is -0.650. The molecule has 0 aromatic carbocycles. The van der Waals surface area contributed by atoms with Crippen LogP contribution in [0.2, 0.25) is 0 Å². The number of nitrogens with one attached hydrogen (secondary N) is 1. The minimum absolute atomic E-state index is 0.0169. The number of rotatable bonds is 6. The molecule has 0 saturated heterocycles. The van der Waals surface area contributed by atoms with Crippen molar-refractivity contribution >= 4 is 5.91 Å². The predicted octanol–water partition coefficient (Wildman–Crippen LogP) is 0.332. The van der Waals surface area contributed by atoms with E-state index in [0.29, 0.717) is 0 Å². The summed E-state index contributed by atoms with van der Waals surface area (Å²) in [6, 6.07) is -0.788. The van der Waals surface area contributed by atoms with Gasteiger partial charge in [-0.1, -0.05) is 13.8 Å². The number of likely N-dealkylation sites (N-methyl/N-ethyl adjacent to an activating group) is 1. The van der Waals surface area contributed by atoms with E-state index >= 15 is 0 Å². The summed E-state index contributed by atoms with van der Waals surface area (Å²) in [5.41, 5.74) is 5.09. The average Bonchev–Trinajstić information content (AvgIpc) is 1.97. The van der Waals surface area contributed by atoms with Crippen molar-refractivity contribution in [3.8, 4) is 0 Å². The van der Waals surface area contributed by atoms with E-state index in [1.54, 1.807) is 13.8 Å². The Hall–Kier alpha value is -0.820. The van der Waals surface area contributed by atoms with Crippen LogP contribution in [0.25, 0.3) is 0 Å². The molecule has 0 saturated carbocycles. The number of amides is 1. The van der Waals surface area contributed by atoms with E-state index in [2.05, 4.69) is 5.32 Å². The van der Waals surface area contributed by atoms with Gasteiger partial charge in [-0.2, -0.15) is 13.2 Å². The van der Waals surface area contributed by atoms with Crippen molar-refractivity contribution in [1.29, 1.82) is 0 Å². The number of carbonyl (C=O) groups excluding carboxylic acids is 1. The van der Waals surface area contributed by atoms with Gasteiger partial charge in [-0.15, -0.1) is 0 Å². The van der Waals surface area contributed by atoms with E-state index in [1.807, 2.05) is 0 Å². The zero-order valence-electron chi connectivity index (χ0n) is 9.64. The summed E-state index contributed by atoms with van der Waals surface area (Å²) >= 11 is 0. The van der Waals surface area contributed by atoms with E-state index in [1.165, 1.54) is 7.05 Å². The Labute approximate surface area is 93.0 Å². The number of hydrogen-bond acceptors (Lipinski definition) is 3. The average molecular weight is 241 g/mol. The molecule has 0 aromatic heterocycles. The van der Waals surface area contributed by atoms with Gasteiger partial charge in [0.15, 0.2) is 0 Å². The third kappa shape index (κ3) is 7.47. The zero-order valence-corrected chi connectivity index (χ0v) is 9.64. The van der Waals surface area contributed by atoms with Crippen molar-refractivity contribution in [2.75, 3.05) is 20.1 Å². The lowest BCUT2D eigenvalue weighted by atomic mass is 10.2. The predicted molar refractivity (Wildman–Crippen MR) is 54.8 cm³/mol. The first-order chi connectivity index (χ1) is 7.11. The van der Waals surface area contributed by atoms with Gasteiger partial charge >= 0.3 is 6.18 Å². The second kappa shape index (κ2) is 6.05. The highest BCUT2D eigenvalue weighted by atomic mass is 19.4. The van der Waals surface area contributed by atoms with Gasteiger partial charge < -0.3 is 11.1 Å². The molecule has 0 aromatic rings. The molecular weight excluding hydrogens is 223 g/mol. The minimum Gasteiger partial charge on any atom is -0.368 e. The molecule has 0 spiro atoms. The van der Waals surface area contributed by atoms with E-state index < -0.39 is 24.7 Å². The van der Waals surface area contributed by atoms with Crippen LogP contribution in [0.5, 0.6) is 0 Å². The molecule has 0 radical (unpaired) electrons. The van der Waals surface area contributed by atoms with Crippen LogP contribution < -0.4 is 11.1 Å². The topological polar surface area (TPSA) is 58.4 Å². The second-order valence-electron chi connectivity index (χ2n) is 4.09. The fraction of sp³-hybridized carbons (Fsp3) is 0.889. The van der Waals surface area contributed by atoms with E-state index in [-0.39, 0.29) is 12.6 Å². The Kier molecular flexibility index (Phi) is 5.74. The Morgan fingerprint density at radius 1 is 1.44 bits per heavy atom. The summed E-state index contributed by atoms with van der Waals surface area (Å²) in [7, 11) is 1.30. The van der Waals surface area contributed by atoms with Gasteiger partial charge in [-0.05, 0) is 7.05 Å². The van der Waals surface area contributed by atoms with Gasteiger partial charge in [-0.3, -0.25) is 9.69 Å². The van der Waals surface area contributed by atoms with E-state index in [9.17, 15) is 18.0 Å². The fourth-order valence-electron chi connectivity index (χ4n) is 1.31. The highest BCUT2D eigenvalue weighted by Gasteiger charge is 2.30. The molecule has 0 aliphatic carbocycles. The molecule has 1 amide bonds. The van der Waals surface area contributed by atoms with Crippen LogP contribution in [-0.2, 0) is 4.79 Å². The van der Waals surface area contributed by atoms with E-state index in [0.717, 1.165) is 4.90 Å². The summed E-state index contributed by atoms with van der Waals surface area (Å²) in [4.78, 5) is 12.0. The smallest absolute Gasteiger partial charge is 0.368 e. The Balaban J connectivity index is 4.24. The van der Waals surface area contributed by atoms with Gasteiger partial charge in [0.1, 0.15) is 0 Å². The molecule has 96 valence electrons. The Bertz CT molecular complexity index is 231. The van der Waals surface area contributed by atoms with Gasteiger partial charge in [0.05, 0.1) is 12.6 Å². The first-order valence-electron chi connectivity index (χ1n) is 4.92. The maximum atomic E-state index is 12.0. The Morgan fingerprint density at radius 3 is 2.25 bits per heavy atom. The number of alkyl halides is 3. The molecule has 1 unspecified atom stereocenters. The van der Waals surface area contributed by atoms with Gasteiger partial charge in [-0.25, -0.2) is 0 Å². The van der Waals surface area contributed by atoms with Crippen LogP contribution in [0, 0.1) is 0 Å². The molecule has 3 N–H and O–H groups in total. The van der Waals surface area contributed by atoms with Crippen molar-refractivity contribution in [2.45, 2.75) is 32.1 Å². The van der Waals surface area contributed by atoms with Crippen molar-refractivity contribution in [3.63, 3.8) is 0 Å². The summed E-state index contributed by atoms with van der Waals surface area (Å²) in [5, 5.41) is 2.81. The molecule has 1 atom stereocenters. The third-order valence-electron chi connectivity index (χ3n) is 1.82. The van der Waals surface area contributed by atoms with Crippen LogP contribution in [0.1, 0.15) is 13.8 Å². The molecule has 4 nitrogen and oxygen atoms in total. The second-order valence-corrected chi connectivity index (χ2v) is 4.09. The lowest BCUT2D eigenvalue weighted by molar-refractivity contribution is -0.145. The first kappa shape index (κ1) is 15.2. The van der Waals surface area contributed by atoms with Crippen molar-refractivity contribution in [3.05, 3.63) is 0 Å². The lowest BCUT2D eigenvalue weighted by Crippen LogP contribution is -2.51. The number of carbonyl (C=O) groups is 1. The summed E-state index contributed by atoms with van der Waals surface area (Å²) < 4.78 is 36.1. The molecule has 16 heavy (non-hydrogen) atoms. The highest BCUT2D eigenvalue weighted by Crippen LogP contribution is 2.15. The third-order valence-corrected chi connectivity index (χ3v) is 1.82. The maximum Gasteiger partial charge on any atom is 0.401 e. The molecular formula is C9H18F3N3O. The fourth-order valence-corrected chi connectivity index (χ4v) is 1.31. The molecule has 7 heteroatoms. The largest absolute Gasteiger partial charge is 0.401 e. The van der Waals surface area contributed by atoms with Crippen molar-refractivity contribution in [1.82, 2.24) is 10.2 Å². The molecule has 0 aliphatic heterocycles. The van der Waals surface area contributed by atoms with Crippen LogP contribution in [0.4, 0.5) is 13.2 Å². The summed E-state index contributed by atoms with van der Waals surface area (Å²) in [6.07, 6.45) is -4.27. The quantitative estimate of drug-likeness (QED) is 0.704. The zero-order chi connectivity index (χ0) is 12.9. The first-order valence-corrected chi connectivity index (χ1v) is 4.92. The van der Waals surface area contributed by atoms with Gasteiger partial charge in [0.2, 0.25) is 5.91 Å². The van der Waals surface area contributed by atoms with Crippen LogP contribution in [-0.4, -0.2) is 49.2 Å².